The number of allylic oxidation sites excluding steroid dienone is 3. The zero-order valence-corrected chi connectivity index (χ0v) is 8.33. The summed E-state index contributed by atoms with van der Waals surface area (Å²) in [4.78, 5) is 0. The summed E-state index contributed by atoms with van der Waals surface area (Å²) in [6.07, 6.45) is 10.6. The molecule has 0 rings (SSSR count). The van der Waals surface area contributed by atoms with Gasteiger partial charge in [0, 0.05) is 0 Å². The largest absolute Gasteiger partial charge is 0.373 e. The molecule has 0 aliphatic heterocycles. The maximum Gasteiger partial charge on any atom is 0.0720 e. The maximum atomic E-state index is 5.37. The van der Waals surface area contributed by atoms with Crippen molar-refractivity contribution in [3.63, 3.8) is 0 Å². The van der Waals surface area contributed by atoms with E-state index >= 15 is 0 Å². The van der Waals surface area contributed by atoms with Gasteiger partial charge in [-0.2, -0.15) is 0 Å². The van der Waals surface area contributed by atoms with Gasteiger partial charge in [0.1, 0.15) is 0 Å². The van der Waals surface area contributed by atoms with Gasteiger partial charge in [-0.05, 0) is 12.0 Å². The first-order chi connectivity index (χ1) is 6.35. The molecule has 0 aromatic carbocycles. The molecular weight excluding hydrogens is 160 g/mol. The Morgan fingerprint density at radius 1 is 1.31 bits per heavy atom. The molecule has 0 fully saturated rings. The number of hydrogen-bond acceptors (Lipinski definition) is 1. The van der Waals surface area contributed by atoms with Gasteiger partial charge in [0.15, 0.2) is 0 Å². The molecule has 1 nitrogen and oxygen atoms in total. The first kappa shape index (κ1) is 11.9. The van der Waals surface area contributed by atoms with E-state index in [0.717, 1.165) is 12.0 Å². The second-order valence-electron chi connectivity index (χ2n) is 2.58. The van der Waals surface area contributed by atoms with Gasteiger partial charge in [0.05, 0.1) is 13.2 Å². The molecular formula is C12H18O. The molecule has 0 spiro atoms. The highest BCUT2D eigenvalue weighted by Crippen LogP contribution is 1.97. The Bertz CT molecular complexity index is 199. The maximum absolute atomic E-state index is 5.37. The lowest BCUT2D eigenvalue weighted by atomic mass is 10.2. The van der Waals surface area contributed by atoms with E-state index in [1.54, 1.807) is 12.2 Å². The van der Waals surface area contributed by atoms with E-state index in [0.29, 0.717) is 13.2 Å². The van der Waals surface area contributed by atoms with Gasteiger partial charge in [0.2, 0.25) is 0 Å². The van der Waals surface area contributed by atoms with Crippen molar-refractivity contribution in [2.24, 2.45) is 0 Å². The summed E-state index contributed by atoms with van der Waals surface area (Å²) in [7, 11) is 0. The molecule has 0 bridgehead atoms. The zero-order chi connectivity index (χ0) is 9.94. The van der Waals surface area contributed by atoms with E-state index in [4.69, 9.17) is 4.74 Å². The van der Waals surface area contributed by atoms with Gasteiger partial charge in [0.25, 0.3) is 0 Å². The SMILES string of the molecule is C=C/C=C(\C=C)COC/C=C\CC. The molecule has 0 radical (unpaired) electrons. The molecule has 0 saturated carbocycles. The van der Waals surface area contributed by atoms with Gasteiger partial charge >= 0.3 is 0 Å². The van der Waals surface area contributed by atoms with Crippen molar-refractivity contribution in [3.8, 4) is 0 Å². The van der Waals surface area contributed by atoms with Gasteiger partial charge in [-0.15, -0.1) is 0 Å². The number of rotatable bonds is 7. The Morgan fingerprint density at radius 3 is 2.62 bits per heavy atom. The smallest absolute Gasteiger partial charge is 0.0720 e. The van der Waals surface area contributed by atoms with Crippen LogP contribution in [0.4, 0.5) is 0 Å². The van der Waals surface area contributed by atoms with Crippen LogP contribution in [-0.4, -0.2) is 13.2 Å². The Labute approximate surface area is 81.1 Å². The average molecular weight is 178 g/mol. The molecule has 0 amide bonds. The van der Waals surface area contributed by atoms with Crippen molar-refractivity contribution >= 4 is 0 Å². The zero-order valence-electron chi connectivity index (χ0n) is 8.33. The fourth-order valence-corrected chi connectivity index (χ4v) is 0.806. The summed E-state index contributed by atoms with van der Waals surface area (Å²) >= 11 is 0. The van der Waals surface area contributed by atoms with E-state index in [9.17, 15) is 0 Å². The molecule has 0 aliphatic carbocycles. The van der Waals surface area contributed by atoms with Crippen LogP contribution in [0.2, 0.25) is 0 Å². The van der Waals surface area contributed by atoms with Gasteiger partial charge in [-0.3, -0.25) is 0 Å². The average Bonchev–Trinajstić information content (AvgIpc) is 2.16. The third-order valence-electron chi connectivity index (χ3n) is 1.48. The molecule has 0 aromatic rings. The minimum atomic E-state index is 0.601. The van der Waals surface area contributed by atoms with Crippen molar-refractivity contribution in [1.82, 2.24) is 0 Å². The highest BCUT2D eigenvalue weighted by Gasteiger charge is 1.88. The quantitative estimate of drug-likeness (QED) is 0.330. The standard InChI is InChI=1S/C12H18O/c1-4-7-8-10-13-11-12(6-3)9-5-2/h5-9H,2-4,10-11H2,1H3/b8-7-,12-9+. The molecule has 0 aliphatic rings. The molecule has 0 aromatic heterocycles. The highest BCUT2D eigenvalue weighted by atomic mass is 16.5. The summed E-state index contributed by atoms with van der Waals surface area (Å²) in [5.74, 6) is 0. The third-order valence-corrected chi connectivity index (χ3v) is 1.48. The first-order valence-electron chi connectivity index (χ1n) is 4.52. The second-order valence-corrected chi connectivity index (χ2v) is 2.58. The lowest BCUT2D eigenvalue weighted by molar-refractivity contribution is 0.189. The lowest BCUT2D eigenvalue weighted by Crippen LogP contribution is -1.95. The van der Waals surface area contributed by atoms with Gasteiger partial charge < -0.3 is 4.74 Å². The van der Waals surface area contributed by atoms with Crippen LogP contribution in [0, 0.1) is 0 Å². The Morgan fingerprint density at radius 2 is 2.08 bits per heavy atom. The third kappa shape index (κ3) is 7.29. The molecule has 13 heavy (non-hydrogen) atoms. The number of hydrogen-bond donors (Lipinski definition) is 0. The second kappa shape index (κ2) is 9.01. The molecule has 0 heterocycles. The van der Waals surface area contributed by atoms with Crippen molar-refractivity contribution in [3.05, 3.63) is 49.1 Å². The molecule has 0 atom stereocenters. The minimum Gasteiger partial charge on any atom is -0.373 e. The van der Waals surface area contributed by atoms with Crippen LogP contribution in [0.25, 0.3) is 0 Å². The summed E-state index contributed by atoms with van der Waals surface area (Å²) in [6, 6.07) is 0. The summed E-state index contributed by atoms with van der Waals surface area (Å²) in [6.45, 7) is 10.7. The van der Waals surface area contributed by atoms with Crippen molar-refractivity contribution in [2.75, 3.05) is 13.2 Å². The van der Waals surface area contributed by atoms with Crippen LogP contribution >= 0.6 is 0 Å². The first-order valence-corrected chi connectivity index (χ1v) is 4.52. The lowest BCUT2D eigenvalue weighted by Gasteiger charge is -2.00. The Hall–Kier alpha value is -1.08. The van der Waals surface area contributed by atoms with Crippen LogP contribution in [0.15, 0.2) is 49.1 Å². The molecule has 0 saturated heterocycles. The van der Waals surface area contributed by atoms with E-state index < -0.39 is 0 Å². The van der Waals surface area contributed by atoms with Gasteiger partial charge in [-0.1, -0.05) is 50.5 Å². The summed E-state index contributed by atoms with van der Waals surface area (Å²) < 4.78 is 5.37. The van der Waals surface area contributed by atoms with Crippen LogP contribution in [0.5, 0.6) is 0 Å². The van der Waals surface area contributed by atoms with Crippen LogP contribution in [-0.2, 0) is 4.74 Å². The monoisotopic (exact) mass is 178 g/mol. The Balaban J connectivity index is 3.61. The van der Waals surface area contributed by atoms with Crippen molar-refractivity contribution in [2.45, 2.75) is 13.3 Å². The normalized spacial score (nSPS) is 11.9. The van der Waals surface area contributed by atoms with Gasteiger partial charge in [-0.25, -0.2) is 0 Å². The van der Waals surface area contributed by atoms with Crippen LogP contribution in [0.1, 0.15) is 13.3 Å². The van der Waals surface area contributed by atoms with Crippen LogP contribution in [0.3, 0.4) is 0 Å². The predicted octanol–water partition coefficient (Wildman–Crippen LogP) is 3.27. The fourth-order valence-electron chi connectivity index (χ4n) is 0.806. The van der Waals surface area contributed by atoms with Crippen LogP contribution < -0.4 is 0 Å². The van der Waals surface area contributed by atoms with Crippen molar-refractivity contribution < 1.29 is 4.74 Å². The van der Waals surface area contributed by atoms with E-state index in [-0.39, 0.29) is 0 Å². The minimum absolute atomic E-state index is 0.601. The topological polar surface area (TPSA) is 9.23 Å². The molecule has 0 N–H and O–H groups in total. The number of ether oxygens (including phenoxy) is 1. The Kier molecular flexibility index (Phi) is 8.26. The molecule has 1 heteroatoms. The van der Waals surface area contributed by atoms with E-state index in [2.05, 4.69) is 26.2 Å². The fraction of sp³-hybridized carbons (Fsp3) is 0.333. The molecule has 0 unspecified atom stereocenters. The van der Waals surface area contributed by atoms with E-state index in [1.807, 2.05) is 12.2 Å². The predicted molar refractivity (Wildman–Crippen MR) is 58.7 cm³/mol. The van der Waals surface area contributed by atoms with E-state index in [1.165, 1.54) is 0 Å². The molecule has 72 valence electrons. The summed E-state index contributed by atoms with van der Waals surface area (Å²) in [5.41, 5.74) is 1.06. The summed E-state index contributed by atoms with van der Waals surface area (Å²) in [5, 5.41) is 0. The van der Waals surface area contributed by atoms with Crippen molar-refractivity contribution in [1.29, 1.82) is 0 Å². The highest BCUT2D eigenvalue weighted by molar-refractivity contribution is 5.21.